The van der Waals surface area contributed by atoms with Crippen molar-refractivity contribution in [3.63, 3.8) is 0 Å². The molecule has 1 aliphatic rings. The molecule has 31 heavy (non-hydrogen) atoms. The largest absolute Gasteiger partial charge is 0.467 e. The number of anilines is 1. The van der Waals surface area contributed by atoms with E-state index >= 15 is 0 Å². The molecule has 1 fully saturated rings. The first-order chi connectivity index (χ1) is 15.2. The summed E-state index contributed by atoms with van der Waals surface area (Å²) in [5.41, 5.74) is 1.84. The predicted octanol–water partition coefficient (Wildman–Crippen LogP) is 3.57. The Bertz CT molecular complexity index is 816. The molecular weight excluding hydrogens is 394 g/mol. The maximum atomic E-state index is 12.3. The van der Waals surface area contributed by atoms with E-state index in [9.17, 15) is 4.79 Å². The monoisotopic (exact) mass is 427 g/mol. The number of hydrogen-bond donors (Lipinski definition) is 3. The smallest absolute Gasteiger partial charge is 0.321 e. The summed E-state index contributed by atoms with van der Waals surface area (Å²) in [6, 6.07) is 11.6. The molecule has 1 aliphatic heterocycles. The minimum atomic E-state index is -0.0255. The summed E-state index contributed by atoms with van der Waals surface area (Å²) in [7, 11) is 0. The first-order valence-electron chi connectivity index (χ1n) is 11.0. The van der Waals surface area contributed by atoms with E-state index in [2.05, 4.69) is 20.9 Å². The highest BCUT2D eigenvalue weighted by Crippen LogP contribution is 2.14. The maximum Gasteiger partial charge on any atom is 0.321 e. The fraction of sp³-hybridized carbons (Fsp3) is 0.478. The number of guanidine groups is 1. The molecule has 1 aromatic heterocycles. The quantitative estimate of drug-likeness (QED) is 0.306. The highest BCUT2D eigenvalue weighted by atomic mass is 16.5. The van der Waals surface area contributed by atoms with E-state index in [1.54, 1.807) is 6.26 Å². The Kier molecular flexibility index (Phi) is 9.25. The van der Waals surface area contributed by atoms with Gasteiger partial charge < -0.3 is 30.0 Å². The lowest BCUT2D eigenvalue weighted by Gasteiger charge is -2.16. The molecular formula is C23H33N5O3. The van der Waals surface area contributed by atoms with Crippen LogP contribution in [0.3, 0.4) is 0 Å². The number of furan rings is 1. The topological polar surface area (TPSA) is 91.1 Å². The Balaban J connectivity index is 1.41. The van der Waals surface area contributed by atoms with Crippen molar-refractivity contribution in [1.29, 1.82) is 0 Å². The number of nitrogens with zero attached hydrogens (tertiary/aromatic N) is 2. The van der Waals surface area contributed by atoms with Crippen LogP contribution in [0.1, 0.15) is 37.5 Å². The van der Waals surface area contributed by atoms with Crippen molar-refractivity contribution in [3.05, 3.63) is 54.0 Å². The molecule has 8 heteroatoms. The number of nitrogens with one attached hydrogen (secondary N) is 3. The van der Waals surface area contributed by atoms with Gasteiger partial charge in [0.25, 0.3) is 0 Å². The fourth-order valence-electron chi connectivity index (χ4n) is 3.33. The zero-order valence-corrected chi connectivity index (χ0v) is 18.2. The molecule has 3 rings (SSSR count). The molecule has 8 nitrogen and oxygen atoms in total. The van der Waals surface area contributed by atoms with Crippen molar-refractivity contribution < 1.29 is 13.9 Å². The zero-order valence-electron chi connectivity index (χ0n) is 18.2. The van der Waals surface area contributed by atoms with E-state index in [1.165, 1.54) is 0 Å². The third kappa shape index (κ3) is 7.97. The number of amides is 2. The van der Waals surface area contributed by atoms with Crippen LogP contribution in [-0.4, -0.2) is 49.7 Å². The summed E-state index contributed by atoms with van der Waals surface area (Å²) in [5, 5.41) is 9.57. The van der Waals surface area contributed by atoms with Crippen LogP contribution >= 0.6 is 0 Å². The molecule has 0 saturated carbocycles. The van der Waals surface area contributed by atoms with Gasteiger partial charge in [-0.25, -0.2) is 9.79 Å². The van der Waals surface area contributed by atoms with E-state index in [1.807, 2.05) is 48.2 Å². The number of carbonyl (C=O) groups excluding carboxylic acids is 1. The molecule has 0 unspecified atom stereocenters. The SMILES string of the molecule is CCNC(=NCc1cccc(NC(=O)N2CCCC2)c1)NCCCOCc1ccco1. The molecule has 0 atom stereocenters. The van der Waals surface area contributed by atoms with Gasteiger partial charge in [0.15, 0.2) is 5.96 Å². The zero-order chi connectivity index (χ0) is 21.7. The van der Waals surface area contributed by atoms with Crippen LogP contribution in [0.25, 0.3) is 0 Å². The van der Waals surface area contributed by atoms with Crippen LogP contribution in [0.4, 0.5) is 10.5 Å². The molecule has 0 spiro atoms. The van der Waals surface area contributed by atoms with Gasteiger partial charge in [0.2, 0.25) is 0 Å². The number of ether oxygens (including phenoxy) is 1. The van der Waals surface area contributed by atoms with Gasteiger partial charge in [-0.1, -0.05) is 12.1 Å². The minimum absolute atomic E-state index is 0.0255. The highest BCUT2D eigenvalue weighted by molar-refractivity contribution is 5.89. The van der Waals surface area contributed by atoms with Gasteiger partial charge in [0, 0.05) is 38.5 Å². The van der Waals surface area contributed by atoms with Crippen molar-refractivity contribution in [1.82, 2.24) is 15.5 Å². The number of aliphatic imine (C=N–C) groups is 1. The number of carbonyl (C=O) groups is 1. The maximum absolute atomic E-state index is 12.3. The second kappa shape index (κ2) is 12.6. The van der Waals surface area contributed by atoms with E-state index in [4.69, 9.17) is 9.15 Å². The highest BCUT2D eigenvalue weighted by Gasteiger charge is 2.17. The molecule has 3 N–H and O–H groups in total. The van der Waals surface area contributed by atoms with Gasteiger partial charge in [0.05, 0.1) is 12.8 Å². The summed E-state index contributed by atoms with van der Waals surface area (Å²) >= 11 is 0. The van der Waals surface area contributed by atoms with E-state index in [0.29, 0.717) is 19.8 Å². The molecule has 1 saturated heterocycles. The lowest BCUT2D eigenvalue weighted by molar-refractivity contribution is 0.105. The average molecular weight is 428 g/mol. The molecule has 168 valence electrons. The molecule has 2 aromatic rings. The predicted molar refractivity (Wildman–Crippen MR) is 122 cm³/mol. The third-order valence-corrected chi connectivity index (χ3v) is 4.92. The summed E-state index contributed by atoms with van der Waals surface area (Å²) in [5.74, 6) is 1.60. The van der Waals surface area contributed by atoms with Gasteiger partial charge in [-0.2, -0.15) is 0 Å². The van der Waals surface area contributed by atoms with E-state index < -0.39 is 0 Å². The van der Waals surface area contributed by atoms with Crippen molar-refractivity contribution in [2.45, 2.75) is 39.3 Å². The molecule has 0 aliphatic carbocycles. The lowest BCUT2D eigenvalue weighted by Crippen LogP contribution is -2.38. The second-order valence-electron chi connectivity index (χ2n) is 7.43. The van der Waals surface area contributed by atoms with Gasteiger partial charge in [-0.15, -0.1) is 0 Å². The summed E-state index contributed by atoms with van der Waals surface area (Å²) in [6.45, 7) is 6.92. The minimum Gasteiger partial charge on any atom is -0.467 e. The van der Waals surface area contributed by atoms with Crippen molar-refractivity contribution in [3.8, 4) is 0 Å². The average Bonchev–Trinajstić information content (AvgIpc) is 3.49. The normalized spacial score (nSPS) is 14.0. The van der Waals surface area contributed by atoms with Gasteiger partial charge in [-0.3, -0.25) is 0 Å². The second-order valence-corrected chi connectivity index (χ2v) is 7.43. The number of hydrogen-bond acceptors (Lipinski definition) is 4. The van der Waals surface area contributed by atoms with Crippen molar-refractivity contribution in [2.24, 2.45) is 4.99 Å². The first-order valence-corrected chi connectivity index (χ1v) is 11.0. The lowest BCUT2D eigenvalue weighted by atomic mass is 10.2. The Morgan fingerprint density at radius 3 is 2.84 bits per heavy atom. The van der Waals surface area contributed by atoms with Crippen LogP contribution in [0, 0.1) is 0 Å². The summed E-state index contributed by atoms with van der Waals surface area (Å²) < 4.78 is 10.8. The number of rotatable bonds is 10. The first kappa shape index (κ1) is 22.7. The molecule has 0 bridgehead atoms. The molecule has 2 amide bonds. The third-order valence-electron chi connectivity index (χ3n) is 4.92. The van der Waals surface area contributed by atoms with Crippen LogP contribution in [-0.2, 0) is 17.9 Å². The van der Waals surface area contributed by atoms with E-state index in [0.717, 1.165) is 68.4 Å². The molecule has 0 radical (unpaired) electrons. The number of urea groups is 1. The number of benzene rings is 1. The van der Waals surface area contributed by atoms with Crippen LogP contribution in [0.2, 0.25) is 0 Å². The fourth-order valence-corrected chi connectivity index (χ4v) is 3.33. The Labute approximate surface area is 184 Å². The summed E-state index contributed by atoms with van der Waals surface area (Å²) in [4.78, 5) is 18.8. The van der Waals surface area contributed by atoms with Crippen molar-refractivity contribution >= 4 is 17.7 Å². The molecule has 2 heterocycles. The van der Waals surface area contributed by atoms with Crippen LogP contribution in [0.5, 0.6) is 0 Å². The van der Waals surface area contributed by atoms with Gasteiger partial charge >= 0.3 is 6.03 Å². The van der Waals surface area contributed by atoms with Crippen LogP contribution in [0.15, 0.2) is 52.1 Å². The van der Waals surface area contributed by atoms with E-state index in [-0.39, 0.29) is 6.03 Å². The number of likely N-dealkylation sites (tertiary alicyclic amines) is 1. The Morgan fingerprint density at radius 1 is 1.19 bits per heavy atom. The standard InChI is InChI=1S/C23H33N5O3/c1-2-24-22(25-11-7-14-30-18-21-10-6-15-31-21)26-17-19-8-5-9-20(16-19)27-23(29)28-12-3-4-13-28/h5-6,8-10,15-16H,2-4,7,11-14,17-18H2,1H3,(H,27,29)(H2,24,25,26). The Morgan fingerprint density at radius 2 is 2.06 bits per heavy atom. The van der Waals surface area contributed by atoms with Crippen LogP contribution < -0.4 is 16.0 Å². The van der Waals surface area contributed by atoms with Gasteiger partial charge in [0.1, 0.15) is 12.4 Å². The van der Waals surface area contributed by atoms with Crippen molar-refractivity contribution in [2.75, 3.05) is 38.1 Å². The molecule has 1 aromatic carbocycles. The summed E-state index contributed by atoms with van der Waals surface area (Å²) in [6.07, 6.45) is 4.68. The van der Waals surface area contributed by atoms with Gasteiger partial charge in [-0.05, 0) is 56.0 Å². The Hall–Kier alpha value is -3.00.